The number of primary amides is 1. The number of nitrogens with two attached hydrogens (primary N) is 1. The maximum atomic E-state index is 13.2. The quantitative estimate of drug-likeness (QED) is 0.812. The number of nitrogens with zero attached hydrogens (tertiary/aromatic N) is 5. The van der Waals surface area contributed by atoms with Gasteiger partial charge in [0.25, 0.3) is 0 Å². The lowest BCUT2D eigenvalue weighted by atomic mass is 9.92. The monoisotopic (exact) mass is 374 g/mol. The van der Waals surface area contributed by atoms with Crippen molar-refractivity contribution in [1.82, 2.24) is 25.1 Å². The Morgan fingerprint density at radius 2 is 1.93 bits per heavy atom. The summed E-state index contributed by atoms with van der Waals surface area (Å²) in [5.74, 6) is 0.0539. The van der Waals surface area contributed by atoms with Gasteiger partial charge in [0, 0.05) is 25.9 Å². The molecule has 1 aromatic carbocycles. The van der Waals surface area contributed by atoms with E-state index in [0.717, 1.165) is 18.4 Å². The minimum absolute atomic E-state index is 0.0766. The van der Waals surface area contributed by atoms with Crippen LogP contribution in [0.5, 0.6) is 0 Å². The summed E-state index contributed by atoms with van der Waals surface area (Å²) >= 11 is 0. The van der Waals surface area contributed by atoms with Gasteiger partial charge in [-0.1, -0.05) is 12.1 Å². The van der Waals surface area contributed by atoms with Gasteiger partial charge in [-0.2, -0.15) is 0 Å². The minimum atomic E-state index is -0.599. The van der Waals surface area contributed by atoms with E-state index in [1.807, 2.05) is 0 Å². The highest BCUT2D eigenvalue weighted by Gasteiger charge is 2.31. The Morgan fingerprint density at radius 3 is 2.48 bits per heavy atom. The first-order valence-electron chi connectivity index (χ1n) is 9.00. The fourth-order valence-corrected chi connectivity index (χ4v) is 3.50. The van der Waals surface area contributed by atoms with Gasteiger partial charge in [0.1, 0.15) is 17.7 Å². The molecule has 1 aromatic heterocycles. The lowest BCUT2D eigenvalue weighted by Crippen LogP contribution is -2.44. The zero-order chi connectivity index (χ0) is 19.4. The van der Waals surface area contributed by atoms with E-state index in [0.29, 0.717) is 31.8 Å². The Balaban J connectivity index is 1.75. The number of aromatic nitrogens is 4. The van der Waals surface area contributed by atoms with Crippen LogP contribution >= 0.6 is 0 Å². The molecule has 3 rings (SSSR count). The first-order chi connectivity index (χ1) is 12.9. The Bertz CT molecular complexity index is 798. The first kappa shape index (κ1) is 18.9. The van der Waals surface area contributed by atoms with Crippen molar-refractivity contribution in [3.63, 3.8) is 0 Å². The summed E-state index contributed by atoms with van der Waals surface area (Å²) in [6.45, 7) is 2.87. The molecule has 1 saturated heterocycles. The molecule has 1 aliphatic heterocycles. The van der Waals surface area contributed by atoms with Gasteiger partial charge in [-0.3, -0.25) is 9.59 Å². The molecule has 0 saturated carbocycles. The number of rotatable bonds is 6. The van der Waals surface area contributed by atoms with E-state index >= 15 is 0 Å². The summed E-state index contributed by atoms with van der Waals surface area (Å²) < 4.78 is 14.7. The molecule has 2 N–H and O–H groups in total. The number of tetrazole rings is 1. The van der Waals surface area contributed by atoms with Crippen molar-refractivity contribution in [1.29, 1.82) is 0 Å². The zero-order valence-corrected chi connectivity index (χ0v) is 15.2. The van der Waals surface area contributed by atoms with Crippen LogP contribution in [0.1, 0.15) is 36.7 Å². The molecule has 2 aromatic rings. The van der Waals surface area contributed by atoms with Crippen LogP contribution in [0.3, 0.4) is 0 Å². The molecule has 1 aliphatic rings. The highest BCUT2D eigenvalue weighted by atomic mass is 19.1. The highest BCUT2D eigenvalue weighted by molar-refractivity contribution is 5.81. The van der Waals surface area contributed by atoms with Crippen LogP contribution in [0.2, 0.25) is 0 Å². The highest BCUT2D eigenvalue weighted by Crippen LogP contribution is 2.24. The lowest BCUT2D eigenvalue weighted by molar-refractivity contribution is -0.136. The number of hydrogen-bond acceptors (Lipinski definition) is 5. The molecule has 0 bridgehead atoms. The molecule has 8 nitrogen and oxygen atoms in total. The standard InChI is InChI=1S/C18H23FN6O2/c1-12-21-22-23-25(12)16(10-13-2-4-15(19)5-3-13)18(27)24-8-6-14(7-9-24)11-17(20)26/h2-5,14,16H,6-11H2,1H3,(H2,20,26)/t16-/m0/s1. The second-order valence-corrected chi connectivity index (χ2v) is 6.96. The normalized spacial score (nSPS) is 16.3. The molecule has 27 heavy (non-hydrogen) atoms. The summed E-state index contributed by atoms with van der Waals surface area (Å²) in [6.07, 6.45) is 2.21. The Kier molecular flexibility index (Phi) is 5.78. The molecule has 1 atom stereocenters. The minimum Gasteiger partial charge on any atom is -0.370 e. The predicted octanol–water partition coefficient (Wildman–Crippen LogP) is 1.02. The molecule has 0 aliphatic carbocycles. The van der Waals surface area contributed by atoms with Crippen molar-refractivity contribution in [2.75, 3.05) is 13.1 Å². The Hall–Kier alpha value is -2.84. The summed E-state index contributed by atoms with van der Waals surface area (Å²) in [5.41, 5.74) is 6.10. The zero-order valence-electron chi connectivity index (χ0n) is 15.2. The molecule has 0 spiro atoms. The molecular weight excluding hydrogens is 351 g/mol. The van der Waals surface area contributed by atoms with Crippen LogP contribution in [0.15, 0.2) is 24.3 Å². The molecule has 144 valence electrons. The lowest BCUT2D eigenvalue weighted by Gasteiger charge is -2.34. The maximum absolute atomic E-state index is 13.2. The largest absolute Gasteiger partial charge is 0.370 e. The number of likely N-dealkylation sites (tertiary alicyclic amines) is 1. The third-order valence-corrected chi connectivity index (χ3v) is 5.00. The van der Waals surface area contributed by atoms with Crippen molar-refractivity contribution in [2.45, 2.75) is 38.6 Å². The Morgan fingerprint density at radius 1 is 1.26 bits per heavy atom. The number of carbonyl (C=O) groups is 2. The van der Waals surface area contributed by atoms with Gasteiger partial charge < -0.3 is 10.6 Å². The second-order valence-electron chi connectivity index (χ2n) is 6.96. The van der Waals surface area contributed by atoms with E-state index in [1.165, 1.54) is 16.8 Å². The summed E-state index contributed by atoms with van der Waals surface area (Å²) in [7, 11) is 0. The van der Waals surface area contributed by atoms with Gasteiger partial charge in [0.05, 0.1) is 0 Å². The van der Waals surface area contributed by atoms with Gasteiger partial charge in [-0.05, 0) is 53.8 Å². The van der Waals surface area contributed by atoms with Crippen LogP contribution in [-0.4, -0.2) is 50.0 Å². The van der Waals surface area contributed by atoms with Crippen LogP contribution in [0.4, 0.5) is 4.39 Å². The average Bonchev–Trinajstić information content (AvgIpc) is 3.06. The van der Waals surface area contributed by atoms with E-state index < -0.39 is 6.04 Å². The third-order valence-electron chi connectivity index (χ3n) is 5.00. The average molecular weight is 374 g/mol. The number of hydrogen-bond donors (Lipinski definition) is 1. The number of piperidine rings is 1. The van der Waals surface area contributed by atoms with E-state index in [-0.39, 0.29) is 23.5 Å². The number of carbonyl (C=O) groups excluding carboxylic acids is 2. The summed E-state index contributed by atoms with van der Waals surface area (Å²) in [5, 5.41) is 11.5. The predicted molar refractivity (Wildman–Crippen MR) is 94.8 cm³/mol. The van der Waals surface area contributed by atoms with E-state index in [2.05, 4.69) is 15.5 Å². The number of halogens is 1. The number of benzene rings is 1. The van der Waals surface area contributed by atoms with Gasteiger partial charge >= 0.3 is 0 Å². The second kappa shape index (κ2) is 8.24. The smallest absolute Gasteiger partial charge is 0.247 e. The van der Waals surface area contributed by atoms with Gasteiger partial charge in [0.15, 0.2) is 0 Å². The topological polar surface area (TPSA) is 107 Å². The van der Waals surface area contributed by atoms with E-state index in [9.17, 15) is 14.0 Å². The van der Waals surface area contributed by atoms with Gasteiger partial charge in [0.2, 0.25) is 11.8 Å². The van der Waals surface area contributed by atoms with Crippen LogP contribution in [-0.2, 0) is 16.0 Å². The van der Waals surface area contributed by atoms with Crippen LogP contribution in [0.25, 0.3) is 0 Å². The molecule has 2 amide bonds. The first-order valence-corrected chi connectivity index (χ1v) is 9.00. The van der Waals surface area contributed by atoms with Crippen molar-refractivity contribution < 1.29 is 14.0 Å². The maximum Gasteiger partial charge on any atom is 0.247 e. The van der Waals surface area contributed by atoms with Crippen molar-refractivity contribution >= 4 is 11.8 Å². The molecule has 1 fully saturated rings. The molecule has 0 radical (unpaired) electrons. The number of amides is 2. The van der Waals surface area contributed by atoms with Crippen molar-refractivity contribution in [2.24, 2.45) is 11.7 Å². The summed E-state index contributed by atoms with van der Waals surface area (Å²) in [4.78, 5) is 26.1. The number of aryl methyl sites for hydroxylation is 1. The van der Waals surface area contributed by atoms with Gasteiger partial charge in [-0.15, -0.1) is 5.10 Å². The third kappa shape index (κ3) is 4.66. The van der Waals surface area contributed by atoms with E-state index in [1.54, 1.807) is 24.0 Å². The molecule has 9 heteroatoms. The van der Waals surface area contributed by atoms with Gasteiger partial charge in [-0.25, -0.2) is 9.07 Å². The Labute approximate surface area is 156 Å². The summed E-state index contributed by atoms with van der Waals surface area (Å²) in [6, 6.07) is 5.47. The van der Waals surface area contributed by atoms with Crippen LogP contribution in [0, 0.1) is 18.7 Å². The van der Waals surface area contributed by atoms with Crippen molar-refractivity contribution in [3.05, 3.63) is 41.5 Å². The van der Waals surface area contributed by atoms with E-state index in [4.69, 9.17) is 5.73 Å². The fourth-order valence-electron chi connectivity index (χ4n) is 3.50. The molecular formula is C18H23FN6O2. The molecule has 2 heterocycles. The fraction of sp³-hybridized carbons (Fsp3) is 0.500. The SMILES string of the molecule is Cc1nnnn1[C@@H](Cc1ccc(F)cc1)C(=O)N1CCC(CC(N)=O)CC1. The van der Waals surface area contributed by atoms with Crippen LogP contribution < -0.4 is 5.73 Å². The van der Waals surface area contributed by atoms with Crippen molar-refractivity contribution in [3.8, 4) is 0 Å². The molecule has 0 unspecified atom stereocenters.